The number of aryl methyl sites for hydroxylation is 2. The van der Waals surface area contributed by atoms with E-state index in [-0.39, 0.29) is 12.5 Å². The lowest BCUT2D eigenvalue weighted by Crippen LogP contribution is -2.20. The van der Waals surface area contributed by atoms with Crippen LogP contribution in [0.1, 0.15) is 42.9 Å². The Hall–Kier alpha value is -2.00. The number of benzene rings is 2. The van der Waals surface area contributed by atoms with Gasteiger partial charge in [0.2, 0.25) is 0 Å². The number of carbonyl (C=O) groups is 1. The maximum Gasteiger partial charge on any atom is 0.262 e. The summed E-state index contributed by atoms with van der Waals surface area (Å²) in [5.41, 5.74) is 3.93. The van der Waals surface area contributed by atoms with Gasteiger partial charge >= 0.3 is 0 Å². The van der Waals surface area contributed by atoms with Crippen LogP contribution >= 0.6 is 11.6 Å². The van der Waals surface area contributed by atoms with E-state index >= 15 is 0 Å². The summed E-state index contributed by atoms with van der Waals surface area (Å²) < 4.78 is 5.57. The van der Waals surface area contributed by atoms with Gasteiger partial charge in [-0.2, -0.15) is 0 Å². The van der Waals surface area contributed by atoms with Gasteiger partial charge in [-0.1, -0.05) is 37.6 Å². The Morgan fingerprint density at radius 3 is 2.29 bits per heavy atom. The zero-order valence-electron chi connectivity index (χ0n) is 14.7. The summed E-state index contributed by atoms with van der Waals surface area (Å²) in [4.78, 5) is 12.0. The summed E-state index contributed by atoms with van der Waals surface area (Å²) in [6.45, 7) is 8.16. The van der Waals surface area contributed by atoms with E-state index in [0.29, 0.717) is 11.7 Å². The zero-order chi connectivity index (χ0) is 17.7. The molecule has 0 heterocycles. The summed E-state index contributed by atoms with van der Waals surface area (Å²) >= 11 is 6.13. The fourth-order valence-corrected chi connectivity index (χ4v) is 2.58. The van der Waals surface area contributed by atoms with Crippen molar-refractivity contribution in [3.63, 3.8) is 0 Å². The first-order valence-corrected chi connectivity index (χ1v) is 8.57. The Kier molecular flexibility index (Phi) is 6.27. The van der Waals surface area contributed by atoms with Crippen molar-refractivity contribution < 1.29 is 9.53 Å². The highest BCUT2D eigenvalue weighted by Gasteiger charge is 2.08. The SMILES string of the molecule is CCC(C)c1ccc(NC(=O)COc2cc(C)c(Cl)c(C)c2)cc1. The van der Waals surface area contributed by atoms with Gasteiger partial charge in [0.1, 0.15) is 5.75 Å². The van der Waals surface area contributed by atoms with E-state index in [1.54, 1.807) is 0 Å². The molecule has 0 aliphatic heterocycles. The molecule has 0 aliphatic carbocycles. The molecule has 4 heteroatoms. The molecule has 3 nitrogen and oxygen atoms in total. The second kappa shape index (κ2) is 8.20. The molecule has 0 aromatic heterocycles. The molecule has 0 fully saturated rings. The van der Waals surface area contributed by atoms with Gasteiger partial charge in [-0.25, -0.2) is 0 Å². The van der Waals surface area contributed by atoms with Crippen LogP contribution in [0.15, 0.2) is 36.4 Å². The lowest BCUT2D eigenvalue weighted by molar-refractivity contribution is -0.118. The third kappa shape index (κ3) is 4.75. The number of halogens is 1. The van der Waals surface area contributed by atoms with E-state index in [4.69, 9.17) is 16.3 Å². The number of nitrogens with one attached hydrogen (secondary N) is 1. The van der Waals surface area contributed by atoms with E-state index in [0.717, 1.165) is 28.3 Å². The van der Waals surface area contributed by atoms with Crippen LogP contribution < -0.4 is 10.1 Å². The summed E-state index contributed by atoms with van der Waals surface area (Å²) in [7, 11) is 0. The number of anilines is 1. The highest BCUT2D eigenvalue weighted by atomic mass is 35.5. The monoisotopic (exact) mass is 345 g/mol. The van der Waals surface area contributed by atoms with E-state index in [9.17, 15) is 4.79 Å². The average molecular weight is 346 g/mol. The van der Waals surface area contributed by atoms with Crippen molar-refractivity contribution in [2.24, 2.45) is 0 Å². The predicted molar refractivity (Wildman–Crippen MR) is 100 cm³/mol. The lowest BCUT2D eigenvalue weighted by atomic mass is 9.99. The molecule has 1 unspecified atom stereocenters. The van der Waals surface area contributed by atoms with Crippen LogP contribution in [0.4, 0.5) is 5.69 Å². The normalized spacial score (nSPS) is 11.9. The Labute approximate surface area is 149 Å². The molecule has 0 aliphatic rings. The maximum absolute atomic E-state index is 12.0. The molecule has 1 atom stereocenters. The molecule has 0 saturated carbocycles. The van der Waals surface area contributed by atoms with Gasteiger partial charge in [0.05, 0.1) is 0 Å². The molecule has 1 amide bonds. The molecule has 2 aromatic carbocycles. The number of hydrogen-bond donors (Lipinski definition) is 1. The third-order valence-corrected chi connectivity index (χ3v) is 4.75. The summed E-state index contributed by atoms with van der Waals surface area (Å²) in [5, 5.41) is 3.58. The maximum atomic E-state index is 12.0. The molecule has 24 heavy (non-hydrogen) atoms. The molecule has 0 bridgehead atoms. The molecule has 128 valence electrons. The van der Waals surface area contributed by atoms with Crippen LogP contribution in [0.3, 0.4) is 0 Å². The van der Waals surface area contributed by atoms with Crippen LogP contribution in [0.2, 0.25) is 5.02 Å². The minimum absolute atomic E-state index is 0.0341. The number of hydrogen-bond acceptors (Lipinski definition) is 2. The second-order valence-electron chi connectivity index (χ2n) is 6.14. The zero-order valence-corrected chi connectivity index (χ0v) is 15.4. The Morgan fingerprint density at radius 1 is 1.17 bits per heavy atom. The number of amides is 1. The van der Waals surface area contributed by atoms with Crippen LogP contribution in [-0.4, -0.2) is 12.5 Å². The van der Waals surface area contributed by atoms with Gasteiger partial charge < -0.3 is 10.1 Å². The van der Waals surface area contributed by atoms with Gasteiger partial charge in [-0.3, -0.25) is 4.79 Å². The first-order valence-electron chi connectivity index (χ1n) is 8.20. The van der Waals surface area contributed by atoms with Crippen molar-refractivity contribution in [2.45, 2.75) is 40.0 Å². The number of rotatable bonds is 6. The van der Waals surface area contributed by atoms with Crippen molar-refractivity contribution in [2.75, 3.05) is 11.9 Å². The molecule has 0 saturated heterocycles. The highest BCUT2D eigenvalue weighted by molar-refractivity contribution is 6.32. The van der Waals surface area contributed by atoms with E-state index in [1.807, 2.05) is 38.1 Å². The largest absolute Gasteiger partial charge is 0.484 e. The third-order valence-electron chi connectivity index (χ3n) is 4.16. The minimum atomic E-state index is -0.184. The number of carbonyl (C=O) groups excluding carboxylic acids is 1. The second-order valence-corrected chi connectivity index (χ2v) is 6.52. The van der Waals surface area contributed by atoms with Crippen LogP contribution in [0, 0.1) is 13.8 Å². The molecule has 1 N–H and O–H groups in total. The first-order chi connectivity index (χ1) is 11.4. The molecule has 2 rings (SSSR count). The van der Waals surface area contributed by atoms with Crippen molar-refractivity contribution in [1.82, 2.24) is 0 Å². The quantitative estimate of drug-likeness (QED) is 0.752. The fourth-order valence-electron chi connectivity index (χ4n) is 2.47. The smallest absolute Gasteiger partial charge is 0.262 e. The standard InChI is InChI=1S/C20H24ClNO2/c1-5-13(2)16-6-8-17(9-7-16)22-19(23)12-24-18-10-14(3)20(21)15(4)11-18/h6-11,13H,5,12H2,1-4H3,(H,22,23). The average Bonchev–Trinajstić information content (AvgIpc) is 2.57. The lowest BCUT2D eigenvalue weighted by Gasteiger charge is -2.12. The highest BCUT2D eigenvalue weighted by Crippen LogP contribution is 2.26. The van der Waals surface area contributed by atoms with Crippen molar-refractivity contribution in [3.05, 3.63) is 58.1 Å². The minimum Gasteiger partial charge on any atom is -0.484 e. The Morgan fingerprint density at radius 2 is 1.75 bits per heavy atom. The molecule has 0 radical (unpaired) electrons. The van der Waals surface area contributed by atoms with Gasteiger partial charge in [-0.15, -0.1) is 0 Å². The van der Waals surface area contributed by atoms with Gasteiger partial charge in [0, 0.05) is 10.7 Å². The molecular formula is C20H24ClNO2. The van der Waals surface area contributed by atoms with Crippen LogP contribution in [-0.2, 0) is 4.79 Å². The van der Waals surface area contributed by atoms with E-state index in [2.05, 4.69) is 31.3 Å². The van der Waals surface area contributed by atoms with Crippen molar-refractivity contribution >= 4 is 23.2 Å². The predicted octanol–water partition coefficient (Wildman–Crippen LogP) is 5.49. The van der Waals surface area contributed by atoms with Crippen LogP contribution in [0.5, 0.6) is 5.75 Å². The van der Waals surface area contributed by atoms with Gasteiger partial charge in [-0.05, 0) is 67.1 Å². The first kappa shape index (κ1) is 18.3. The van der Waals surface area contributed by atoms with E-state index < -0.39 is 0 Å². The van der Waals surface area contributed by atoms with Gasteiger partial charge in [0.25, 0.3) is 5.91 Å². The Bertz CT molecular complexity index is 687. The molecular weight excluding hydrogens is 322 g/mol. The fraction of sp³-hybridized carbons (Fsp3) is 0.350. The van der Waals surface area contributed by atoms with Crippen molar-refractivity contribution in [3.8, 4) is 5.75 Å². The molecule has 0 spiro atoms. The van der Waals surface area contributed by atoms with Gasteiger partial charge in [0.15, 0.2) is 6.61 Å². The van der Waals surface area contributed by atoms with E-state index in [1.165, 1.54) is 5.56 Å². The summed E-state index contributed by atoms with van der Waals surface area (Å²) in [6, 6.07) is 11.6. The molecule has 2 aromatic rings. The van der Waals surface area contributed by atoms with Crippen LogP contribution in [0.25, 0.3) is 0 Å². The summed E-state index contributed by atoms with van der Waals surface area (Å²) in [5.74, 6) is 0.989. The number of ether oxygens (including phenoxy) is 1. The Balaban J connectivity index is 1.91. The topological polar surface area (TPSA) is 38.3 Å². The summed E-state index contributed by atoms with van der Waals surface area (Å²) in [6.07, 6.45) is 1.10. The van der Waals surface area contributed by atoms with Crippen molar-refractivity contribution in [1.29, 1.82) is 0 Å².